The molecule has 1 aromatic rings. The van der Waals surface area contributed by atoms with Gasteiger partial charge in [0.1, 0.15) is 0 Å². The molecule has 2 heterocycles. The average molecular weight is 274 g/mol. The summed E-state index contributed by atoms with van der Waals surface area (Å²) >= 11 is 1.29. The highest BCUT2D eigenvalue weighted by Crippen LogP contribution is 2.24. The first-order chi connectivity index (χ1) is 8.16. The minimum atomic E-state index is -0.915. The summed E-state index contributed by atoms with van der Waals surface area (Å²) in [5, 5.41) is 8.96. The van der Waals surface area contributed by atoms with E-state index in [1.807, 2.05) is 7.05 Å². The van der Waals surface area contributed by atoms with Gasteiger partial charge in [-0.1, -0.05) is 0 Å². The standard InChI is InChI=1S/C8H10N2O2S.2F2/c1-10-3-2-5-6(4-10)13-7(9-5)8(11)12;2*1-2/h2-4H2,1H3,(H,11,12);;. The van der Waals surface area contributed by atoms with Crippen LogP contribution in [0.2, 0.25) is 0 Å². The minimum Gasteiger partial charge on any atom is -0.476 e. The molecule has 1 aromatic heterocycles. The molecule has 0 fully saturated rings. The number of carboxylic acids is 1. The zero-order valence-electron chi connectivity index (χ0n) is 8.79. The number of hydrogen-bond acceptors (Lipinski definition) is 4. The van der Waals surface area contributed by atoms with E-state index >= 15 is 0 Å². The largest absolute Gasteiger partial charge is 0.476 e. The van der Waals surface area contributed by atoms with Crippen molar-refractivity contribution in [2.24, 2.45) is 0 Å². The van der Waals surface area contributed by atoms with Crippen molar-refractivity contribution in [2.75, 3.05) is 13.6 Å². The van der Waals surface area contributed by atoms with Gasteiger partial charge in [0.15, 0.2) is 0 Å². The van der Waals surface area contributed by atoms with Gasteiger partial charge in [0.05, 0.1) is 5.69 Å². The van der Waals surface area contributed by atoms with Gasteiger partial charge in [-0.2, -0.15) is 0 Å². The van der Waals surface area contributed by atoms with E-state index in [0.29, 0.717) is 0 Å². The fourth-order valence-electron chi connectivity index (χ4n) is 1.41. The van der Waals surface area contributed by atoms with E-state index in [9.17, 15) is 4.79 Å². The molecule has 0 atom stereocenters. The molecule has 0 bridgehead atoms. The summed E-state index contributed by atoms with van der Waals surface area (Å²) in [6.07, 6.45) is 0.871. The first-order valence-electron chi connectivity index (χ1n) is 4.36. The molecule has 2 rings (SSSR count). The molecule has 4 nitrogen and oxygen atoms in total. The highest BCUT2D eigenvalue weighted by Gasteiger charge is 2.20. The van der Waals surface area contributed by atoms with E-state index in [4.69, 9.17) is 23.4 Å². The van der Waals surface area contributed by atoms with E-state index in [1.165, 1.54) is 11.3 Å². The van der Waals surface area contributed by atoms with Gasteiger partial charge in [-0.05, 0) is 7.05 Å². The fraction of sp³-hybridized carbons (Fsp3) is 0.500. The Bertz CT molecular complexity index is 361. The van der Waals surface area contributed by atoms with Crippen LogP contribution >= 0.6 is 11.3 Å². The van der Waals surface area contributed by atoms with Crippen molar-refractivity contribution < 1.29 is 28.2 Å². The summed E-state index contributed by atoms with van der Waals surface area (Å²) in [7, 11) is 2.03. The van der Waals surface area contributed by atoms with Gasteiger partial charge in [0, 0.05) is 42.7 Å². The number of carboxylic acid groups (broad SMARTS) is 1. The third kappa shape index (κ3) is 4.27. The Hall–Kier alpha value is -1.22. The quantitative estimate of drug-likeness (QED) is 0.799. The van der Waals surface area contributed by atoms with Crippen molar-refractivity contribution in [3.63, 3.8) is 0 Å². The van der Waals surface area contributed by atoms with E-state index in [-0.39, 0.29) is 5.01 Å². The molecule has 0 saturated carbocycles. The summed E-state index contributed by atoms with van der Waals surface area (Å²) < 4.78 is 32.0. The van der Waals surface area contributed by atoms with Crippen LogP contribution in [-0.4, -0.2) is 34.6 Å². The van der Waals surface area contributed by atoms with Crippen molar-refractivity contribution in [3.05, 3.63) is 15.6 Å². The van der Waals surface area contributed by atoms with Crippen molar-refractivity contribution in [2.45, 2.75) is 13.0 Å². The van der Waals surface area contributed by atoms with Gasteiger partial charge in [-0.3, -0.25) is 0 Å². The monoisotopic (exact) mass is 274 g/mol. The summed E-state index contributed by atoms with van der Waals surface area (Å²) in [4.78, 5) is 18.0. The van der Waals surface area contributed by atoms with Crippen LogP contribution in [0.3, 0.4) is 0 Å². The summed E-state index contributed by atoms with van der Waals surface area (Å²) in [6, 6.07) is 0. The molecule has 0 saturated heterocycles. The average Bonchev–Trinajstić information content (AvgIpc) is 2.77. The maximum absolute atomic E-state index is 10.6. The first kappa shape index (κ1) is 15.8. The Balaban J connectivity index is 0.000000581. The van der Waals surface area contributed by atoms with Crippen LogP contribution in [-0.2, 0) is 13.0 Å². The number of fused-ring (bicyclic) bond motifs is 1. The maximum atomic E-state index is 10.6. The number of thiazole rings is 1. The number of nitrogens with zero attached hydrogens (tertiary/aromatic N) is 2. The Morgan fingerprint density at radius 1 is 1.41 bits per heavy atom. The number of likely N-dealkylation sites (N-methyl/N-ethyl adjacent to an activating group) is 1. The molecule has 0 unspecified atom stereocenters. The lowest BCUT2D eigenvalue weighted by Crippen LogP contribution is -2.25. The van der Waals surface area contributed by atoms with E-state index in [0.717, 1.165) is 30.1 Å². The van der Waals surface area contributed by atoms with Crippen LogP contribution in [0.4, 0.5) is 18.3 Å². The molecule has 9 heteroatoms. The number of rotatable bonds is 1. The van der Waals surface area contributed by atoms with Gasteiger partial charge in [-0.25, -0.2) is 9.78 Å². The van der Waals surface area contributed by atoms with Gasteiger partial charge in [0.2, 0.25) is 5.01 Å². The molecule has 1 N–H and O–H groups in total. The lowest BCUT2D eigenvalue weighted by Gasteiger charge is -2.20. The molecule has 0 aliphatic carbocycles. The molecular formula is C8H10F4N2O2S. The molecule has 1 aliphatic heterocycles. The maximum Gasteiger partial charge on any atom is 0.365 e. The molecule has 0 radical (unpaired) electrons. The van der Waals surface area contributed by atoms with Gasteiger partial charge in [-0.15, -0.1) is 11.3 Å². The number of aromatic carboxylic acids is 1. The van der Waals surface area contributed by atoms with E-state index in [1.54, 1.807) is 0 Å². The lowest BCUT2D eigenvalue weighted by atomic mass is 10.2. The van der Waals surface area contributed by atoms with Crippen molar-refractivity contribution >= 4 is 17.3 Å². The van der Waals surface area contributed by atoms with E-state index < -0.39 is 5.97 Å². The fourth-order valence-corrected chi connectivity index (χ4v) is 2.44. The van der Waals surface area contributed by atoms with E-state index in [2.05, 4.69) is 9.88 Å². The zero-order valence-corrected chi connectivity index (χ0v) is 9.61. The van der Waals surface area contributed by atoms with Crippen LogP contribution in [0.1, 0.15) is 20.4 Å². The highest BCUT2D eigenvalue weighted by molar-refractivity contribution is 7.13. The van der Waals surface area contributed by atoms with Crippen LogP contribution in [0.15, 0.2) is 0 Å². The number of carbonyl (C=O) groups is 1. The smallest absolute Gasteiger partial charge is 0.365 e. The topological polar surface area (TPSA) is 53.4 Å². The van der Waals surface area contributed by atoms with Crippen LogP contribution in [0.25, 0.3) is 0 Å². The predicted molar refractivity (Wildman–Crippen MR) is 53.5 cm³/mol. The van der Waals surface area contributed by atoms with Crippen LogP contribution < -0.4 is 0 Å². The van der Waals surface area contributed by atoms with Crippen LogP contribution in [0, 0.1) is 0 Å². The Morgan fingerprint density at radius 2 is 2.00 bits per heavy atom. The first-order valence-corrected chi connectivity index (χ1v) is 5.17. The summed E-state index contributed by atoms with van der Waals surface area (Å²) in [5.74, 6) is -0.915. The molecule has 0 aromatic carbocycles. The number of halogens is 4. The van der Waals surface area contributed by atoms with Gasteiger partial charge in [0.25, 0.3) is 0 Å². The predicted octanol–water partition coefficient (Wildman–Crippen LogP) is 2.51. The summed E-state index contributed by atoms with van der Waals surface area (Å²) in [5.41, 5.74) is 0.973. The third-order valence-electron chi connectivity index (χ3n) is 2.11. The Morgan fingerprint density at radius 3 is 2.53 bits per heavy atom. The van der Waals surface area contributed by atoms with Gasteiger partial charge >= 0.3 is 5.97 Å². The van der Waals surface area contributed by atoms with Crippen molar-refractivity contribution in [1.29, 1.82) is 0 Å². The molecule has 0 spiro atoms. The number of aromatic nitrogens is 1. The second-order valence-electron chi connectivity index (χ2n) is 3.18. The van der Waals surface area contributed by atoms with Crippen LogP contribution in [0.5, 0.6) is 0 Å². The molecular weight excluding hydrogens is 264 g/mol. The lowest BCUT2D eigenvalue weighted by molar-refractivity contribution is 0.0696. The normalized spacial score (nSPS) is 13.7. The van der Waals surface area contributed by atoms with Crippen molar-refractivity contribution in [1.82, 2.24) is 9.88 Å². The minimum absolute atomic E-state index is 0.223. The summed E-state index contributed by atoms with van der Waals surface area (Å²) in [6.45, 7) is 1.80. The van der Waals surface area contributed by atoms with Crippen molar-refractivity contribution in [3.8, 4) is 0 Å². The van der Waals surface area contributed by atoms with Gasteiger partial charge < -0.3 is 10.0 Å². The zero-order chi connectivity index (χ0) is 13.4. The molecule has 1 aliphatic rings. The SMILES string of the molecule is CN1CCc2nc(C(=O)O)sc2C1.FF.FF. The molecule has 98 valence electrons. The second-order valence-corrected chi connectivity index (χ2v) is 4.27. The third-order valence-corrected chi connectivity index (χ3v) is 3.18. The second kappa shape index (κ2) is 7.96. The molecule has 0 amide bonds. The Labute approximate surface area is 98.2 Å². The Kier molecular flexibility index (Phi) is 7.39. The molecule has 17 heavy (non-hydrogen) atoms. The highest BCUT2D eigenvalue weighted by atomic mass is 32.1. The number of hydrogen-bond donors (Lipinski definition) is 1.